The van der Waals surface area contributed by atoms with E-state index >= 15 is 0 Å². The molecule has 5 heteroatoms. The van der Waals surface area contributed by atoms with Gasteiger partial charge < -0.3 is 5.73 Å². The van der Waals surface area contributed by atoms with Gasteiger partial charge >= 0.3 is 0 Å². The molecule has 0 saturated heterocycles. The molecule has 0 radical (unpaired) electrons. The van der Waals surface area contributed by atoms with Crippen molar-refractivity contribution in [1.29, 1.82) is 0 Å². The van der Waals surface area contributed by atoms with Crippen LogP contribution in [0, 0.1) is 0 Å². The van der Waals surface area contributed by atoms with Crippen LogP contribution in [0.3, 0.4) is 0 Å². The SMILES string of the molecule is CCCCC(N)c1nc(-c2cccs2)nn1C. The molecule has 2 N–H and O–H groups in total. The second-order valence-corrected chi connectivity index (χ2v) is 5.09. The molecule has 2 aromatic heterocycles. The molecule has 2 heterocycles. The first-order chi connectivity index (χ1) is 8.22. The molecule has 2 rings (SSSR count). The molecule has 0 aromatic carbocycles. The van der Waals surface area contributed by atoms with Gasteiger partial charge in [-0.1, -0.05) is 25.8 Å². The summed E-state index contributed by atoms with van der Waals surface area (Å²) in [5, 5.41) is 6.45. The average Bonchev–Trinajstić information content (AvgIpc) is 2.94. The lowest BCUT2D eigenvalue weighted by Crippen LogP contribution is -2.15. The minimum Gasteiger partial charge on any atom is -0.321 e. The van der Waals surface area contributed by atoms with Crippen LogP contribution in [0.4, 0.5) is 0 Å². The molecule has 17 heavy (non-hydrogen) atoms. The fraction of sp³-hybridized carbons (Fsp3) is 0.500. The van der Waals surface area contributed by atoms with Gasteiger partial charge in [-0.25, -0.2) is 4.98 Å². The van der Waals surface area contributed by atoms with Crippen LogP contribution in [0.1, 0.15) is 38.1 Å². The van der Waals surface area contributed by atoms with E-state index in [0.717, 1.165) is 35.8 Å². The monoisotopic (exact) mass is 250 g/mol. The number of thiophene rings is 1. The Kier molecular flexibility index (Phi) is 3.91. The minimum atomic E-state index is -0.0128. The van der Waals surface area contributed by atoms with Crippen LogP contribution in [-0.2, 0) is 7.05 Å². The van der Waals surface area contributed by atoms with Gasteiger partial charge in [-0.3, -0.25) is 4.68 Å². The van der Waals surface area contributed by atoms with Crippen LogP contribution in [-0.4, -0.2) is 14.8 Å². The third kappa shape index (κ3) is 2.73. The molecule has 4 nitrogen and oxygen atoms in total. The normalized spacial score (nSPS) is 12.9. The molecular formula is C12H18N4S. The third-order valence-electron chi connectivity index (χ3n) is 2.74. The minimum absolute atomic E-state index is 0.0128. The first-order valence-corrected chi connectivity index (χ1v) is 6.80. The standard InChI is InChI=1S/C12H18N4S/c1-3-4-6-9(13)12-14-11(15-16(12)2)10-7-5-8-17-10/h5,7-9H,3-4,6,13H2,1-2H3. The molecule has 0 fully saturated rings. The van der Waals surface area contributed by atoms with Gasteiger partial charge in [0.25, 0.3) is 0 Å². The lowest BCUT2D eigenvalue weighted by atomic mass is 10.1. The summed E-state index contributed by atoms with van der Waals surface area (Å²) in [5.41, 5.74) is 6.13. The summed E-state index contributed by atoms with van der Waals surface area (Å²) in [6.45, 7) is 2.17. The van der Waals surface area contributed by atoms with Crippen LogP contribution >= 0.6 is 11.3 Å². The second kappa shape index (κ2) is 5.42. The van der Waals surface area contributed by atoms with Crippen molar-refractivity contribution in [2.24, 2.45) is 12.8 Å². The van der Waals surface area contributed by atoms with Crippen molar-refractivity contribution in [2.45, 2.75) is 32.2 Å². The highest BCUT2D eigenvalue weighted by molar-refractivity contribution is 7.13. The Morgan fingerprint density at radius 1 is 1.53 bits per heavy atom. The van der Waals surface area contributed by atoms with Crippen LogP contribution < -0.4 is 5.73 Å². The maximum Gasteiger partial charge on any atom is 0.191 e. The van der Waals surface area contributed by atoms with E-state index in [0.29, 0.717) is 0 Å². The topological polar surface area (TPSA) is 56.7 Å². The van der Waals surface area contributed by atoms with Crippen molar-refractivity contribution in [1.82, 2.24) is 14.8 Å². The van der Waals surface area contributed by atoms with Gasteiger partial charge in [-0.15, -0.1) is 11.3 Å². The van der Waals surface area contributed by atoms with Gasteiger partial charge in [-0.05, 0) is 17.9 Å². The van der Waals surface area contributed by atoms with E-state index in [9.17, 15) is 0 Å². The van der Waals surface area contributed by atoms with Gasteiger partial charge in [0, 0.05) is 7.05 Å². The molecule has 0 saturated carbocycles. The predicted molar refractivity (Wildman–Crippen MR) is 70.8 cm³/mol. The molecule has 92 valence electrons. The van der Waals surface area contributed by atoms with Crippen molar-refractivity contribution < 1.29 is 0 Å². The van der Waals surface area contributed by atoms with Crippen molar-refractivity contribution >= 4 is 11.3 Å². The summed E-state index contributed by atoms with van der Waals surface area (Å²) in [5.74, 6) is 1.66. The highest BCUT2D eigenvalue weighted by Crippen LogP contribution is 2.23. The molecule has 0 bridgehead atoms. The summed E-state index contributed by atoms with van der Waals surface area (Å²) in [6, 6.07) is 4.02. The van der Waals surface area contributed by atoms with Crippen LogP contribution in [0.2, 0.25) is 0 Å². The van der Waals surface area contributed by atoms with Crippen molar-refractivity contribution in [3.63, 3.8) is 0 Å². The van der Waals surface area contributed by atoms with Gasteiger partial charge in [-0.2, -0.15) is 5.10 Å². The zero-order chi connectivity index (χ0) is 12.3. The largest absolute Gasteiger partial charge is 0.321 e. The Labute approximate surface area is 105 Å². The summed E-state index contributed by atoms with van der Waals surface area (Å²) < 4.78 is 1.80. The van der Waals surface area contributed by atoms with Gasteiger partial charge in [0.1, 0.15) is 5.82 Å². The number of nitrogens with two attached hydrogens (primary N) is 1. The van der Waals surface area contributed by atoms with Crippen LogP contribution in [0.15, 0.2) is 17.5 Å². The van der Waals surface area contributed by atoms with Crippen molar-refractivity contribution in [3.8, 4) is 10.7 Å². The summed E-state index contributed by atoms with van der Waals surface area (Å²) >= 11 is 1.65. The highest BCUT2D eigenvalue weighted by atomic mass is 32.1. The van der Waals surface area contributed by atoms with E-state index in [2.05, 4.69) is 17.0 Å². The first kappa shape index (κ1) is 12.3. The molecule has 2 aromatic rings. The Bertz CT molecular complexity index is 461. The highest BCUT2D eigenvalue weighted by Gasteiger charge is 2.15. The third-order valence-corrected chi connectivity index (χ3v) is 3.60. The molecule has 0 aliphatic heterocycles. The zero-order valence-corrected chi connectivity index (χ0v) is 11.1. The van der Waals surface area contributed by atoms with Crippen LogP contribution in [0.5, 0.6) is 0 Å². The van der Waals surface area contributed by atoms with E-state index in [1.54, 1.807) is 16.0 Å². The molecule has 0 amide bonds. The van der Waals surface area contributed by atoms with E-state index in [-0.39, 0.29) is 6.04 Å². The number of unbranched alkanes of at least 4 members (excludes halogenated alkanes) is 1. The second-order valence-electron chi connectivity index (χ2n) is 4.14. The molecule has 0 aliphatic carbocycles. The quantitative estimate of drug-likeness (QED) is 0.887. The first-order valence-electron chi connectivity index (χ1n) is 5.92. The van der Waals surface area contributed by atoms with E-state index in [1.807, 2.05) is 24.6 Å². The van der Waals surface area contributed by atoms with Gasteiger partial charge in [0.05, 0.1) is 10.9 Å². The van der Waals surface area contributed by atoms with Crippen molar-refractivity contribution in [3.05, 3.63) is 23.3 Å². The number of nitrogens with zero attached hydrogens (tertiary/aromatic N) is 3. The smallest absolute Gasteiger partial charge is 0.191 e. The van der Waals surface area contributed by atoms with Gasteiger partial charge in [0.15, 0.2) is 5.82 Å². The Balaban J connectivity index is 2.19. The molecular weight excluding hydrogens is 232 g/mol. The van der Waals surface area contributed by atoms with E-state index < -0.39 is 0 Å². The lowest BCUT2D eigenvalue weighted by Gasteiger charge is -2.08. The number of hydrogen-bond donors (Lipinski definition) is 1. The van der Waals surface area contributed by atoms with E-state index in [4.69, 9.17) is 5.73 Å². The van der Waals surface area contributed by atoms with E-state index in [1.165, 1.54) is 0 Å². The Morgan fingerprint density at radius 2 is 2.35 bits per heavy atom. The number of hydrogen-bond acceptors (Lipinski definition) is 4. The summed E-state index contributed by atoms with van der Waals surface area (Å²) in [7, 11) is 1.91. The van der Waals surface area contributed by atoms with Crippen LogP contribution in [0.25, 0.3) is 10.7 Å². The van der Waals surface area contributed by atoms with Crippen molar-refractivity contribution in [2.75, 3.05) is 0 Å². The number of aromatic nitrogens is 3. The predicted octanol–water partition coefficient (Wildman–Crippen LogP) is 2.73. The molecule has 1 atom stereocenters. The molecule has 1 unspecified atom stereocenters. The maximum absolute atomic E-state index is 6.13. The number of rotatable bonds is 5. The molecule has 0 spiro atoms. The van der Waals surface area contributed by atoms with Gasteiger partial charge in [0.2, 0.25) is 0 Å². The Morgan fingerprint density at radius 3 is 3.00 bits per heavy atom. The summed E-state index contributed by atoms with van der Waals surface area (Å²) in [6.07, 6.45) is 3.25. The zero-order valence-electron chi connectivity index (χ0n) is 10.3. The maximum atomic E-state index is 6.13. The lowest BCUT2D eigenvalue weighted by molar-refractivity contribution is 0.543. The number of aryl methyl sites for hydroxylation is 1. The summed E-state index contributed by atoms with van der Waals surface area (Å²) in [4.78, 5) is 5.63. The Hall–Kier alpha value is -1.20. The fourth-order valence-electron chi connectivity index (χ4n) is 1.78. The molecule has 0 aliphatic rings. The average molecular weight is 250 g/mol. The fourth-order valence-corrected chi connectivity index (χ4v) is 2.44.